The Morgan fingerprint density at radius 3 is 2.81 bits per heavy atom. The molecule has 0 spiro atoms. The molecule has 0 fully saturated rings. The number of benzene rings is 1. The van der Waals surface area contributed by atoms with Crippen LogP contribution in [0.3, 0.4) is 0 Å². The van der Waals surface area contributed by atoms with E-state index >= 15 is 0 Å². The number of hydrogen-bond acceptors (Lipinski definition) is 5. The fourth-order valence-electron chi connectivity index (χ4n) is 3.21. The second-order valence-electron chi connectivity index (χ2n) is 6.32. The summed E-state index contributed by atoms with van der Waals surface area (Å²) in [5, 5.41) is 13.8. The first-order valence-corrected chi connectivity index (χ1v) is 8.25. The van der Waals surface area contributed by atoms with Gasteiger partial charge >= 0.3 is 0 Å². The van der Waals surface area contributed by atoms with Crippen molar-refractivity contribution in [2.45, 2.75) is 25.1 Å². The second kappa shape index (κ2) is 5.96. The van der Waals surface area contributed by atoms with Crippen molar-refractivity contribution in [1.82, 2.24) is 14.9 Å². The minimum absolute atomic E-state index is 0.0564. The molecule has 0 bridgehead atoms. The molecule has 0 saturated carbocycles. The van der Waals surface area contributed by atoms with Crippen LogP contribution in [0.5, 0.6) is 5.88 Å². The van der Waals surface area contributed by atoms with Crippen molar-refractivity contribution in [3.63, 3.8) is 0 Å². The molecule has 1 amide bonds. The van der Waals surface area contributed by atoms with Gasteiger partial charge in [0.2, 0.25) is 17.5 Å². The Hall–Kier alpha value is -3.19. The lowest BCUT2D eigenvalue weighted by Crippen LogP contribution is -2.58. The van der Waals surface area contributed by atoms with E-state index in [1.54, 1.807) is 25.2 Å². The number of ether oxygens (including phenoxy) is 1. The van der Waals surface area contributed by atoms with Crippen molar-refractivity contribution >= 4 is 12.0 Å². The molecule has 1 aromatic heterocycles. The van der Waals surface area contributed by atoms with Gasteiger partial charge in [-0.05, 0) is 24.6 Å². The highest BCUT2D eigenvalue weighted by atomic mass is 16.5. The monoisotopic (exact) mass is 351 g/mol. The maximum atomic E-state index is 13.0. The third-order valence-corrected chi connectivity index (χ3v) is 4.52. The van der Waals surface area contributed by atoms with Crippen LogP contribution >= 0.6 is 0 Å². The van der Waals surface area contributed by atoms with Gasteiger partial charge in [0, 0.05) is 6.42 Å². The number of nitrogens with zero attached hydrogens (tertiary/aromatic N) is 2. The van der Waals surface area contributed by atoms with E-state index in [1.165, 1.54) is 10.8 Å². The Morgan fingerprint density at radius 1 is 1.27 bits per heavy atom. The second-order valence-corrected chi connectivity index (χ2v) is 6.32. The zero-order valence-electron chi connectivity index (χ0n) is 14.0. The summed E-state index contributed by atoms with van der Waals surface area (Å²) in [6.07, 6.45) is 6.35. The summed E-state index contributed by atoms with van der Waals surface area (Å²) in [5.41, 5.74) is -1.22. The molecular formula is C19H17N3O4. The van der Waals surface area contributed by atoms with Crippen molar-refractivity contribution in [2.24, 2.45) is 0 Å². The largest absolute Gasteiger partial charge is 0.446 e. The van der Waals surface area contributed by atoms with Gasteiger partial charge in [-0.25, -0.2) is 0 Å². The van der Waals surface area contributed by atoms with Crippen LogP contribution in [0.25, 0.3) is 6.08 Å². The Morgan fingerprint density at radius 2 is 2.04 bits per heavy atom. The Balaban J connectivity index is 1.92. The lowest BCUT2D eigenvalue weighted by atomic mass is 9.98. The fraction of sp³-hybridized carbons (Fsp3) is 0.211. The molecule has 7 heteroatoms. The highest BCUT2D eigenvalue weighted by Gasteiger charge is 2.44. The molecule has 2 atom stereocenters. The molecule has 2 aliphatic heterocycles. The van der Waals surface area contributed by atoms with E-state index < -0.39 is 23.2 Å². The lowest BCUT2D eigenvalue weighted by Gasteiger charge is -2.37. The van der Waals surface area contributed by atoms with Gasteiger partial charge in [-0.1, -0.05) is 36.4 Å². The Labute approximate surface area is 149 Å². The summed E-state index contributed by atoms with van der Waals surface area (Å²) in [6.45, 7) is 1.59. The number of rotatable bonds is 2. The van der Waals surface area contributed by atoms with Crippen LogP contribution in [0.2, 0.25) is 0 Å². The first-order chi connectivity index (χ1) is 12.5. The number of aromatic nitrogens is 2. The van der Waals surface area contributed by atoms with Gasteiger partial charge in [0.05, 0.1) is 6.26 Å². The highest BCUT2D eigenvalue weighted by molar-refractivity contribution is 5.82. The number of aliphatic hydroxyl groups is 1. The third kappa shape index (κ3) is 2.53. The summed E-state index contributed by atoms with van der Waals surface area (Å²) in [6, 6.07) is 8.39. The molecular weight excluding hydrogens is 334 g/mol. The molecule has 0 saturated heterocycles. The Bertz CT molecular complexity index is 994. The van der Waals surface area contributed by atoms with E-state index in [0.29, 0.717) is 0 Å². The van der Waals surface area contributed by atoms with E-state index in [1.807, 2.05) is 30.3 Å². The van der Waals surface area contributed by atoms with Crippen molar-refractivity contribution in [3.8, 4) is 5.88 Å². The molecule has 132 valence electrons. The molecule has 26 heavy (non-hydrogen) atoms. The molecule has 2 aliphatic rings. The molecule has 3 heterocycles. The smallest absolute Gasteiger partial charge is 0.265 e. The third-order valence-electron chi connectivity index (χ3n) is 4.52. The normalized spacial score (nSPS) is 23.5. The van der Waals surface area contributed by atoms with Crippen LogP contribution in [0.15, 0.2) is 53.5 Å². The van der Waals surface area contributed by atoms with Crippen LogP contribution in [-0.4, -0.2) is 20.6 Å². The van der Waals surface area contributed by atoms with Gasteiger partial charge in [0.15, 0.2) is 5.82 Å². The van der Waals surface area contributed by atoms with Gasteiger partial charge in [0.25, 0.3) is 5.56 Å². The van der Waals surface area contributed by atoms with Crippen LogP contribution < -0.4 is 15.6 Å². The quantitative estimate of drug-likeness (QED) is 0.849. The molecule has 1 aromatic carbocycles. The number of hydrogen-bond donors (Lipinski definition) is 2. The molecule has 2 aromatic rings. The zero-order chi connectivity index (χ0) is 18.3. The first kappa shape index (κ1) is 16.3. The number of amides is 1. The number of nitrogens with one attached hydrogen (secondary N) is 1. The predicted molar refractivity (Wildman–Crippen MR) is 94.2 cm³/mol. The summed E-state index contributed by atoms with van der Waals surface area (Å²) < 4.78 is 6.65. The van der Waals surface area contributed by atoms with Gasteiger partial charge in [-0.2, -0.15) is 4.98 Å². The summed E-state index contributed by atoms with van der Waals surface area (Å²) in [5.74, 6) is -0.293. The molecule has 4 rings (SSSR count). The van der Waals surface area contributed by atoms with Gasteiger partial charge in [-0.3, -0.25) is 14.2 Å². The average Bonchev–Trinajstić information content (AvgIpc) is 2.86. The first-order valence-electron chi connectivity index (χ1n) is 8.25. The average molecular weight is 351 g/mol. The molecule has 0 radical (unpaired) electrons. The lowest BCUT2D eigenvalue weighted by molar-refractivity contribution is -0.137. The van der Waals surface area contributed by atoms with Gasteiger partial charge < -0.3 is 15.2 Å². The van der Waals surface area contributed by atoms with Crippen molar-refractivity contribution in [1.29, 1.82) is 0 Å². The number of allylic oxidation sites excluding steroid dienone is 2. The molecule has 2 N–H and O–H groups in total. The number of fused-ring (bicyclic) bond motifs is 2. The number of carbonyl (C=O) groups excluding carboxylic acids is 1. The van der Waals surface area contributed by atoms with Gasteiger partial charge in [-0.15, -0.1) is 0 Å². The predicted octanol–water partition coefficient (Wildman–Crippen LogP) is 1.24. The summed E-state index contributed by atoms with van der Waals surface area (Å²) in [7, 11) is 0. The SMILES string of the molecule is CC1C(=O)NC(O)(Cc2ccccc2)c2nc3c(c(=O)n21)C=CC=CO3. The minimum atomic E-state index is -1.82. The topological polar surface area (TPSA) is 93.5 Å². The van der Waals surface area contributed by atoms with E-state index in [2.05, 4.69) is 10.3 Å². The highest BCUT2D eigenvalue weighted by Crippen LogP contribution is 2.30. The number of carbonyl (C=O) groups is 1. The van der Waals surface area contributed by atoms with Crippen LogP contribution in [0.1, 0.15) is 29.9 Å². The molecule has 0 aliphatic carbocycles. The zero-order valence-corrected chi connectivity index (χ0v) is 14.0. The van der Waals surface area contributed by atoms with Crippen LogP contribution in [-0.2, 0) is 16.9 Å². The molecule has 7 nitrogen and oxygen atoms in total. The Kier molecular flexibility index (Phi) is 3.73. The van der Waals surface area contributed by atoms with Crippen molar-refractivity contribution in [3.05, 3.63) is 76.1 Å². The fourth-order valence-corrected chi connectivity index (χ4v) is 3.21. The van der Waals surface area contributed by atoms with Crippen molar-refractivity contribution in [2.75, 3.05) is 0 Å². The molecule has 2 unspecified atom stereocenters. The van der Waals surface area contributed by atoms with E-state index in [0.717, 1.165) is 5.56 Å². The van der Waals surface area contributed by atoms with E-state index in [9.17, 15) is 14.7 Å². The van der Waals surface area contributed by atoms with Crippen LogP contribution in [0.4, 0.5) is 0 Å². The van der Waals surface area contributed by atoms with Gasteiger partial charge in [0.1, 0.15) is 11.6 Å². The van der Waals surface area contributed by atoms with Crippen LogP contribution in [0, 0.1) is 0 Å². The summed E-state index contributed by atoms with van der Waals surface area (Å²) >= 11 is 0. The van der Waals surface area contributed by atoms with E-state index in [-0.39, 0.29) is 23.7 Å². The standard InChI is InChI=1S/C19H17N3O4/c1-12-15(23)21-19(25,11-13-7-3-2-4-8-13)18-20-16-14(17(24)22(12)18)9-5-6-10-26-16/h2-10,12,25H,11H2,1H3,(H,21,23). The maximum Gasteiger partial charge on any atom is 0.265 e. The maximum absolute atomic E-state index is 13.0. The minimum Gasteiger partial charge on any atom is -0.446 e. The van der Waals surface area contributed by atoms with E-state index in [4.69, 9.17) is 4.74 Å². The summed E-state index contributed by atoms with van der Waals surface area (Å²) in [4.78, 5) is 29.8. The van der Waals surface area contributed by atoms with Crippen molar-refractivity contribution < 1.29 is 14.6 Å².